The van der Waals surface area contributed by atoms with Gasteiger partial charge in [-0.2, -0.15) is 0 Å². The molecule has 0 radical (unpaired) electrons. The van der Waals surface area contributed by atoms with Gasteiger partial charge in [0.05, 0.1) is 5.92 Å². The first-order chi connectivity index (χ1) is 8.84. The number of pyridine rings is 1. The normalized spacial score (nSPS) is 23.6. The third-order valence-corrected chi connectivity index (χ3v) is 3.78. The van der Waals surface area contributed by atoms with E-state index in [0.717, 1.165) is 0 Å². The topological polar surface area (TPSA) is 62.0 Å². The SMILES string of the molecule is CC(C)=CC1C(C(=O)Nc2ccc[nH]c2=O)C1(C)C. The second-order valence-corrected chi connectivity index (χ2v) is 5.97. The van der Waals surface area contributed by atoms with Gasteiger partial charge in [-0.25, -0.2) is 0 Å². The summed E-state index contributed by atoms with van der Waals surface area (Å²) in [4.78, 5) is 26.3. The standard InChI is InChI=1S/C15H20N2O2/c1-9(2)8-10-12(15(10,3)4)14(19)17-11-6-5-7-16-13(11)18/h5-8,10,12H,1-4H3,(H,16,18)(H,17,19). The second-order valence-electron chi connectivity index (χ2n) is 5.97. The van der Waals surface area contributed by atoms with Crippen molar-refractivity contribution in [2.75, 3.05) is 5.32 Å². The van der Waals surface area contributed by atoms with Crippen LogP contribution in [0.25, 0.3) is 0 Å². The highest BCUT2D eigenvalue weighted by atomic mass is 16.2. The maximum Gasteiger partial charge on any atom is 0.271 e. The molecule has 2 atom stereocenters. The van der Waals surface area contributed by atoms with Crippen molar-refractivity contribution < 1.29 is 4.79 Å². The van der Waals surface area contributed by atoms with Crippen LogP contribution in [0.3, 0.4) is 0 Å². The Labute approximate surface area is 112 Å². The Morgan fingerprint density at radius 3 is 2.68 bits per heavy atom. The molecular weight excluding hydrogens is 240 g/mol. The molecule has 0 saturated heterocycles. The van der Waals surface area contributed by atoms with E-state index < -0.39 is 0 Å². The third-order valence-electron chi connectivity index (χ3n) is 3.78. The Morgan fingerprint density at radius 1 is 1.42 bits per heavy atom. The van der Waals surface area contributed by atoms with Crippen molar-refractivity contribution in [3.63, 3.8) is 0 Å². The molecule has 1 aliphatic carbocycles. The van der Waals surface area contributed by atoms with Crippen LogP contribution in [-0.4, -0.2) is 10.9 Å². The zero-order valence-electron chi connectivity index (χ0n) is 11.8. The summed E-state index contributed by atoms with van der Waals surface area (Å²) in [7, 11) is 0. The van der Waals surface area contributed by atoms with Crippen LogP contribution in [0.2, 0.25) is 0 Å². The van der Waals surface area contributed by atoms with Crippen molar-refractivity contribution in [1.29, 1.82) is 0 Å². The molecule has 1 heterocycles. The summed E-state index contributed by atoms with van der Waals surface area (Å²) in [6.07, 6.45) is 3.69. The summed E-state index contributed by atoms with van der Waals surface area (Å²) >= 11 is 0. The highest BCUT2D eigenvalue weighted by molar-refractivity contribution is 5.95. The van der Waals surface area contributed by atoms with Crippen molar-refractivity contribution in [3.8, 4) is 0 Å². The van der Waals surface area contributed by atoms with E-state index in [1.807, 2.05) is 13.8 Å². The van der Waals surface area contributed by atoms with Crippen LogP contribution < -0.4 is 10.9 Å². The van der Waals surface area contributed by atoms with Gasteiger partial charge in [0.1, 0.15) is 5.69 Å². The van der Waals surface area contributed by atoms with Gasteiger partial charge in [0, 0.05) is 6.20 Å². The Balaban J connectivity index is 2.13. The average Bonchev–Trinajstić information content (AvgIpc) is 2.82. The molecule has 1 aliphatic rings. The minimum atomic E-state index is -0.270. The molecule has 19 heavy (non-hydrogen) atoms. The lowest BCUT2D eigenvalue weighted by molar-refractivity contribution is -0.118. The number of anilines is 1. The van der Waals surface area contributed by atoms with E-state index in [1.54, 1.807) is 18.3 Å². The van der Waals surface area contributed by atoms with Crippen LogP contribution in [0.1, 0.15) is 27.7 Å². The number of hydrogen-bond donors (Lipinski definition) is 2. The fourth-order valence-corrected chi connectivity index (χ4v) is 2.58. The number of carbonyl (C=O) groups excluding carboxylic acids is 1. The van der Waals surface area contributed by atoms with E-state index in [-0.39, 0.29) is 28.7 Å². The first-order valence-corrected chi connectivity index (χ1v) is 6.47. The van der Waals surface area contributed by atoms with E-state index in [1.165, 1.54) is 5.57 Å². The van der Waals surface area contributed by atoms with Gasteiger partial charge < -0.3 is 10.3 Å². The fraction of sp³-hybridized carbons (Fsp3) is 0.467. The molecule has 1 aromatic heterocycles. The van der Waals surface area contributed by atoms with Crippen LogP contribution in [0.5, 0.6) is 0 Å². The molecule has 4 heteroatoms. The zero-order valence-corrected chi connectivity index (χ0v) is 11.8. The Morgan fingerprint density at radius 2 is 2.11 bits per heavy atom. The van der Waals surface area contributed by atoms with Crippen molar-refractivity contribution >= 4 is 11.6 Å². The number of hydrogen-bond acceptors (Lipinski definition) is 2. The minimum absolute atomic E-state index is 0.0388. The molecule has 1 aromatic rings. The highest BCUT2D eigenvalue weighted by Crippen LogP contribution is 2.59. The number of H-pyrrole nitrogens is 1. The minimum Gasteiger partial charge on any atom is -0.327 e. The molecule has 0 bridgehead atoms. The lowest BCUT2D eigenvalue weighted by Gasteiger charge is -2.04. The Kier molecular flexibility index (Phi) is 3.35. The number of rotatable bonds is 3. The van der Waals surface area contributed by atoms with Crippen molar-refractivity contribution in [1.82, 2.24) is 4.98 Å². The van der Waals surface area contributed by atoms with E-state index in [4.69, 9.17) is 0 Å². The molecule has 102 valence electrons. The van der Waals surface area contributed by atoms with Crippen LogP contribution in [0.4, 0.5) is 5.69 Å². The summed E-state index contributed by atoms with van der Waals surface area (Å²) in [5.41, 5.74) is 1.22. The van der Waals surface area contributed by atoms with Crippen molar-refractivity contribution in [3.05, 3.63) is 40.3 Å². The van der Waals surface area contributed by atoms with Crippen molar-refractivity contribution in [2.24, 2.45) is 17.3 Å². The van der Waals surface area contributed by atoms with Gasteiger partial charge in [-0.05, 0) is 37.3 Å². The first-order valence-electron chi connectivity index (χ1n) is 6.47. The summed E-state index contributed by atoms with van der Waals surface area (Å²) in [6, 6.07) is 3.31. The maximum atomic E-state index is 12.2. The smallest absolute Gasteiger partial charge is 0.271 e. The van der Waals surface area contributed by atoms with Crippen LogP contribution in [0.15, 0.2) is 34.8 Å². The first kappa shape index (κ1) is 13.6. The molecule has 2 unspecified atom stereocenters. The van der Waals surface area contributed by atoms with Gasteiger partial charge in [0.15, 0.2) is 0 Å². The number of allylic oxidation sites excluding steroid dienone is 2. The van der Waals surface area contributed by atoms with Gasteiger partial charge in [-0.3, -0.25) is 9.59 Å². The molecule has 2 N–H and O–H groups in total. The van der Waals surface area contributed by atoms with E-state index in [2.05, 4.69) is 30.2 Å². The Hall–Kier alpha value is -1.84. The molecule has 4 nitrogen and oxygen atoms in total. The van der Waals surface area contributed by atoms with E-state index >= 15 is 0 Å². The summed E-state index contributed by atoms with van der Waals surface area (Å²) in [5.74, 6) is 0.103. The van der Waals surface area contributed by atoms with Gasteiger partial charge in [0.2, 0.25) is 5.91 Å². The summed E-state index contributed by atoms with van der Waals surface area (Å²) in [6.45, 7) is 8.23. The third kappa shape index (κ3) is 2.62. The molecular formula is C15H20N2O2. The van der Waals surface area contributed by atoms with Gasteiger partial charge in [-0.15, -0.1) is 0 Å². The summed E-state index contributed by atoms with van der Waals surface area (Å²) < 4.78 is 0. The largest absolute Gasteiger partial charge is 0.327 e. The number of amides is 1. The average molecular weight is 260 g/mol. The number of nitrogens with one attached hydrogen (secondary N) is 2. The maximum absolute atomic E-state index is 12.2. The molecule has 0 spiro atoms. The van der Waals surface area contributed by atoms with Crippen LogP contribution in [0, 0.1) is 17.3 Å². The monoisotopic (exact) mass is 260 g/mol. The predicted octanol–water partition coefficient (Wildman–Crippen LogP) is 2.55. The highest BCUT2D eigenvalue weighted by Gasteiger charge is 2.60. The summed E-state index contributed by atoms with van der Waals surface area (Å²) in [5, 5.41) is 2.72. The molecule has 0 aliphatic heterocycles. The molecule has 1 fully saturated rings. The van der Waals surface area contributed by atoms with Crippen LogP contribution >= 0.6 is 0 Å². The number of aromatic nitrogens is 1. The van der Waals surface area contributed by atoms with E-state index in [0.29, 0.717) is 5.69 Å². The zero-order chi connectivity index (χ0) is 14.2. The predicted molar refractivity (Wildman–Crippen MR) is 75.9 cm³/mol. The lowest BCUT2D eigenvalue weighted by atomic mass is 10.1. The van der Waals surface area contributed by atoms with Gasteiger partial charge in [0.25, 0.3) is 5.56 Å². The van der Waals surface area contributed by atoms with Crippen LogP contribution in [-0.2, 0) is 4.79 Å². The molecule has 1 amide bonds. The molecule has 0 aromatic carbocycles. The fourth-order valence-electron chi connectivity index (χ4n) is 2.58. The second kappa shape index (κ2) is 4.68. The van der Waals surface area contributed by atoms with Gasteiger partial charge in [-0.1, -0.05) is 25.5 Å². The molecule has 1 saturated carbocycles. The Bertz CT molecular complexity index is 580. The quantitative estimate of drug-likeness (QED) is 0.820. The van der Waals surface area contributed by atoms with Gasteiger partial charge >= 0.3 is 0 Å². The van der Waals surface area contributed by atoms with E-state index in [9.17, 15) is 9.59 Å². The molecule has 2 rings (SSSR count). The lowest BCUT2D eigenvalue weighted by Crippen LogP contribution is -2.22. The van der Waals surface area contributed by atoms with Crippen molar-refractivity contribution in [2.45, 2.75) is 27.7 Å². The number of aromatic amines is 1. The number of carbonyl (C=O) groups is 1.